The van der Waals surface area contributed by atoms with Crippen LogP contribution in [-0.2, 0) is 24.1 Å². The molecule has 4 heteroatoms. The van der Waals surface area contributed by atoms with Gasteiger partial charge < -0.3 is 16.2 Å². The highest BCUT2D eigenvalue weighted by atomic mass is 16.5. The average Bonchev–Trinajstić information content (AvgIpc) is 2.69. The predicted molar refractivity (Wildman–Crippen MR) is 111 cm³/mol. The molecule has 0 radical (unpaired) electrons. The summed E-state index contributed by atoms with van der Waals surface area (Å²) in [7, 11) is 1.72. The average molecular weight is 364 g/mol. The quantitative estimate of drug-likeness (QED) is 0.560. The lowest BCUT2D eigenvalue weighted by Crippen LogP contribution is -2.19. The molecule has 0 saturated heterocycles. The number of nitrogens with one attached hydrogen (secondary N) is 1. The topological polar surface area (TPSA) is 69.2 Å². The third-order valence-electron chi connectivity index (χ3n) is 4.37. The molecule has 0 spiro atoms. The molecule has 1 heterocycles. The van der Waals surface area contributed by atoms with Crippen LogP contribution in [0.3, 0.4) is 0 Å². The third kappa shape index (κ3) is 6.61. The van der Waals surface area contributed by atoms with Gasteiger partial charge in [-0.25, -0.2) is 0 Å². The van der Waals surface area contributed by atoms with E-state index in [2.05, 4.69) is 78.1 Å². The fraction of sp³-hybridized carbons (Fsp3) is 0.261. The van der Waals surface area contributed by atoms with Crippen molar-refractivity contribution in [1.29, 1.82) is 0 Å². The maximum Gasteiger partial charge on any atom is 0.0587 e. The van der Waals surface area contributed by atoms with Crippen LogP contribution in [0.4, 0.5) is 0 Å². The van der Waals surface area contributed by atoms with E-state index >= 15 is 0 Å². The molecule has 0 saturated carbocycles. The summed E-state index contributed by atoms with van der Waals surface area (Å²) in [5.41, 5.74) is 6.13. The van der Waals surface area contributed by atoms with Crippen molar-refractivity contribution in [3.05, 3.63) is 101 Å². The molecule has 0 aliphatic carbocycles. The van der Waals surface area contributed by atoms with Gasteiger partial charge in [0.1, 0.15) is 0 Å². The van der Waals surface area contributed by atoms with Crippen LogP contribution >= 0.6 is 0 Å². The highest BCUT2D eigenvalue weighted by molar-refractivity contribution is 5.33. The van der Waals surface area contributed by atoms with Crippen LogP contribution < -0.4 is 11.5 Å². The van der Waals surface area contributed by atoms with Crippen LogP contribution in [0.2, 0.25) is 0 Å². The van der Waals surface area contributed by atoms with E-state index in [-0.39, 0.29) is 6.15 Å². The molecule has 3 aromatic rings. The number of hydrogen-bond acceptors (Lipinski definition) is 4. The fourth-order valence-corrected chi connectivity index (χ4v) is 2.98. The van der Waals surface area contributed by atoms with Gasteiger partial charge in [0.2, 0.25) is 0 Å². The Morgan fingerprint density at radius 3 is 2.07 bits per heavy atom. The highest BCUT2D eigenvalue weighted by Crippen LogP contribution is 2.17. The Labute approximate surface area is 162 Å². The number of hydrogen-bond donors (Lipinski definition) is 2. The zero-order valence-corrected chi connectivity index (χ0v) is 16.0. The van der Waals surface area contributed by atoms with E-state index in [0.717, 1.165) is 37.3 Å². The zero-order valence-electron chi connectivity index (χ0n) is 16.0. The van der Waals surface area contributed by atoms with Crippen molar-refractivity contribution in [2.75, 3.05) is 20.3 Å². The molecule has 0 fully saturated rings. The van der Waals surface area contributed by atoms with Crippen molar-refractivity contribution in [3.63, 3.8) is 0 Å². The maximum absolute atomic E-state index is 5.09. The van der Waals surface area contributed by atoms with Gasteiger partial charge in [-0.15, -0.1) is 0 Å². The number of nitrogens with zero attached hydrogens (tertiary/aromatic N) is 1. The first-order valence-electron chi connectivity index (χ1n) is 9.10. The molecule has 27 heavy (non-hydrogen) atoms. The third-order valence-corrected chi connectivity index (χ3v) is 4.37. The largest absolute Gasteiger partial charge is 0.383 e. The molecule has 2 aromatic carbocycles. The van der Waals surface area contributed by atoms with Crippen LogP contribution in [0.15, 0.2) is 72.8 Å². The van der Waals surface area contributed by atoms with Gasteiger partial charge in [0.05, 0.1) is 12.3 Å². The number of rotatable bonds is 9. The summed E-state index contributed by atoms with van der Waals surface area (Å²) in [5, 5.41) is 3.38. The molecule has 0 unspecified atom stereocenters. The fourth-order valence-electron chi connectivity index (χ4n) is 2.98. The molecule has 0 atom stereocenters. The molecule has 4 N–H and O–H groups in total. The first-order valence-corrected chi connectivity index (χ1v) is 9.10. The first-order chi connectivity index (χ1) is 12.8. The number of methoxy groups -OCH3 is 1. The normalized spacial score (nSPS) is 10.4. The van der Waals surface area contributed by atoms with Gasteiger partial charge in [-0.1, -0.05) is 66.7 Å². The number of benzene rings is 2. The van der Waals surface area contributed by atoms with E-state index in [0.29, 0.717) is 6.61 Å². The van der Waals surface area contributed by atoms with Gasteiger partial charge in [0.15, 0.2) is 0 Å². The molecule has 0 aliphatic heterocycles. The summed E-state index contributed by atoms with van der Waals surface area (Å²) in [6.07, 6.45) is 1.77. The summed E-state index contributed by atoms with van der Waals surface area (Å²) in [5.74, 6) is 0. The number of ether oxygens (including phenoxy) is 1. The minimum atomic E-state index is 0. The lowest BCUT2D eigenvalue weighted by molar-refractivity contribution is 0.199. The molecule has 1 aromatic heterocycles. The monoisotopic (exact) mass is 363 g/mol. The molecule has 4 nitrogen and oxygen atoms in total. The van der Waals surface area contributed by atoms with Crippen molar-refractivity contribution in [2.45, 2.75) is 19.4 Å². The summed E-state index contributed by atoms with van der Waals surface area (Å²) < 4.78 is 5.09. The van der Waals surface area contributed by atoms with E-state index in [1.165, 1.54) is 16.7 Å². The Morgan fingerprint density at radius 1 is 0.815 bits per heavy atom. The molecule has 0 aliphatic rings. The Bertz CT molecular complexity index is 791. The van der Waals surface area contributed by atoms with Gasteiger partial charge in [0.25, 0.3) is 0 Å². The molecule has 3 rings (SSSR count). The van der Waals surface area contributed by atoms with Crippen LogP contribution in [-0.4, -0.2) is 25.2 Å². The van der Waals surface area contributed by atoms with E-state index < -0.39 is 0 Å². The molecule has 0 amide bonds. The predicted octanol–water partition coefficient (Wildman–Crippen LogP) is 4.16. The molecular weight excluding hydrogens is 334 g/mol. The standard InChI is InChI=1S/C23H26N2O.H3N/c1-26-15-14-24-18-22-13-12-21(16-19-8-4-2-5-9-19)23(25-22)17-20-10-6-3-7-11-20;/h2-13,24H,14-18H2,1H3;1H3. The lowest BCUT2D eigenvalue weighted by Gasteiger charge is -2.12. The minimum Gasteiger partial charge on any atom is -0.383 e. The summed E-state index contributed by atoms with van der Waals surface area (Å²) in [6.45, 7) is 2.30. The highest BCUT2D eigenvalue weighted by Gasteiger charge is 2.08. The Kier molecular flexibility index (Phi) is 8.65. The summed E-state index contributed by atoms with van der Waals surface area (Å²) in [4.78, 5) is 4.96. The van der Waals surface area contributed by atoms with E-state index in [1.807, 2.05) is 0 Å². The van der Waals surface area contributed by atoms with Gasteiger partial charge in [-0.3, -0.25) is 4.98 Å². The first kappa shape index (κ1) is 20.8. The van der Waals surface area contributed by atoms with E-state index in [9.17, 15) is 0 Å². The van der Waals surface area contributed by atoms with E-state index in [4.69, 9.17) is 9.72 Å². The Morgan fingerprint density at radius 2 is 1.44 bits per heavy atom. The van der Waals surface area contributed by atoms with Crippen LogP contribution in [0, 0.1) is 0 Å². The van der Waals surface area contributed by atoms with Crippen molar-refractivity contribution >= 4 is 0 Å². The number of aromatic nitrogens is 1. The Balaban J connectivity index is 0.00000261. The van der Waals surface area contributed by atoms with Gasteiger partial charge in [-0.2, -0.15) is 0 Å². The van der Waals surface area contributed by atoms with Crippen molar-refractivity contribution in [2.24, 2.45) is 0 Å². The second-order valence-corrected chi connectivity index (χ2v) is 6.40. The van der Waals surface area contributed by atoms with Crippen molar-refractivity contribution in [1.82, 2.24) is 16.5 Å². The maximum atomic E-state index is 5.09. The van der Waals surface area contributed by atoms with Gasteiger partial charge in [-0.05, 0) is 29.2 Å². The summed E-state index contributed by atoms with van der Waals surface area (Å²) >= 11 is 0. The second kappa shape index (κ2) is 11.2. The van der Waals surface area contributed by atoms with E-state index in [1.54, 1.807) is 7.11 Å². The van der Waals surface area contributed by atoms with Gasteiger partial charge in [0, 0.05) is 32.3 Å². The Hall–Kier alpha value is -2.53. The van der Waals surface area contributed by atoms with Crippen molar-refractivity contribution < 1.29 is 4.74 Å². The smallest absolute Gasteiger partial charge is 0.0587 e. The lowest BCUT2D eigenvalue weighted by atomic mass is 9.99. The minimum absolute atomic E-state index is 0. The number of pyridine rings is 1. The second-order valence-electron chi connectivity index (χ2n) is 6.40. The molecule has 0 bridgehead atoms. The van der Waals surface area contributed by atoms with Crippen LogP contribution in [0.25, 0.3) is 0 Å². The molecular formula is C23H29N3O. The van der Waals surface area contributed by atoms with Crippen LogP contribution in [0.5, 0.6) is 0 Å². The SMILES string of the molecule is COCCNCc1ccc(Cc2ccccc2)c(Cc2ccccc2)n1.N. The zero-order chi connectivity index (χ0) is 18.0. The van der Waals surface area contributed by atoms with Crippen LogP contribution in [0.1, 0.15) is 28.1 Å². The van der Waals surface area contributed by atoms with Crippen molar-refractivity contribution in [3.8, 4) is 0 Å². The van der Waals surface area contributed by atoms with Gasteiger partial charge >= 0.3 is 0 Å². The summed E-state index contributed by atoms with van der Waals surface area (Å²) in [6, 6.07) is 25.5. The molecule has 142 valence electrons.